The van der Waals surface area contributed by atoms with E-state index in [4.69, 9.17) is 0 Å². The molecule has 1 saturated carbocycles. The van der Waals surface area contributed by atoms with Gasteiger partial charge in [-0.25, -0.2) is 4.98 Å². The summed E-state index contributed by atoms with van der Waals surface area (Å²) in [5, 5.41) is 9.33. The second-order valence-electron chi connectivity index (χ2n) is 5.15. The van der Waals surface area contributed by atoms with Crippen LogP contribution in [0, 0.1) is 5.41 Å². The molecule has 4 heteroatoms. The Hall–Kier alpha value is -2.10. The Balaban J connectivity index is 1.83. The molecule has 19 heavy (non-hydrogen) atoms. The van der Waals surface area contributed by atoms with Gasteiger partial charge in [-0.1, -0.05) is 31.2 Å². The number of hydrogen-bond acceptors (Lipinski definition) is 2. The average Bonchev–Trinajstić information content (AvgIpc) is 2.94. The molecule has 0 bridgehead atoms. The van der Waals surface area contributed by atoms with Gasteiger partial charge in [-0.15, -0.1) is 0 Å². The number of benzene rings is 1. The minimum atomic E-state index is -0.670. The van der Waals surface area contributed by atoms with E-state index in [0.717, 1.165) is 23.2 Å². The second-order valence-corrected chi connectivity index (χ2v) is 5.15. The SMILES string of the molecule is CC[C@]1(C(=O)O)C[C@H]1c1ccc(-c2c[nH]cn2)cc1. The van der Waals surface area contributed by atoms with Gasteiger partial charge in [0.25, 0.3) is 0 Å². The first kappa shape index (κ1) is 12.0. The first-order valence-corrected chi connectivity index (χ1v) is 6.50. The lowest BCUT2D eigenvalue weighted by Gasteiger charge is -2.09. The summed E-state index contributed by atoms with van der Waals surface area (Å²) >= 11 is 0. The van der Waals surface area contributed by atoms with Crippen LogP contribution in [-0.2, 0) is 4.79 Å². The van der Waals surface area contributed by atoms with Gasteiger partial charge >= 0.3 is 5.97 Å². The quantitative estimate of drug-likeness (QED) is 0.883. The Morgan fingerprint density at radius 1 is 1.47 bits per heavy atom. The molecule has 0 aliphatic heterocycles. The fraction of sp³-hybridized carbons (Fsp3) is 0.333. The number of nitrogens with zero attached hydrogens (tertiary/aromatic N) is 1. The number of hydrogen-bond donors (Lipinski definition) is 2. The largest absolute Gasteiger partial charge is 0.481 e. The molecule has 0 amide bonds. The van der Waals surface area contributed by atoms with Gasteiger partial charge in [-0.3, -0.25) is 4.79 Å². The monoisotopic (exact) mass is 256 g/mol. The van der Waals surface area contributed by atoms with Crippen LogP contribution in [0.3, 0.4) is 0 Å². The molecule has 1 aliphatic carbocycles. The van der Waals surface area contributed by atoms with Gasteiger partial charge < -0.3 is 10.1 Å². The van der Waals surface area contributed by atoms with E-state index >= 15 is 0 Å². The van der Waals surface area contributed by atoms with Gasteiger partial charge in [0.15, 0.2) is 0 Å². The lowest BCUT2D eigenvalue weighted by atomic mass is 9.96. The van der Waals surface area contributed by atoms with Crippen LogP contribution in [0.25, 0.3) is 11.3 Å². The molecule has 4 nitrogen and oxygen atoms in total. The lowest BCUT2D eigenvalue weighted by molar-refractivity contribution is -0.143. The van der Waals surface area contributed by atoms with Crippen molar-refractivity contribution >= 4 is 5.97 Å². The highest BCUT2D eigenvalue weighted by molar-refractivity contribution is 5.80. The number of rotatable bonds is 4. The summed E-state index contributed by atoms with van der Waals surface area (Å²) in [4.78, 5) is 18.5. The zero-order valence-corrected chi connectivity index (χ0v) is 10.8. The molecule has 2 aromatic rings. The predicted molar refractivity (Wildman–Crippen MR) is 71.7 cm³/mol. The summed E-state index contributed by atoms with van der Waals surface area (Å²) in [6.45, 7) is 1.95. The third kappa shape index (κ3) is 1.84. The molecule has 1 aromatic carbocycles. The van der Waals surface area contributed by atoms with Crippen molar-refractivity contribution in [3.05, 3.63) is 42.4 Å². The van der Waals surface area contributed by atoms with E-state index in [2.05, 4.69) is 9.97 Å². The van der Waals surface area contributed by atoms with Gasteiger partial charge in [-0.2, -0.15) is 0 Å². The van der Waals surface area contributed by atoms with Crippen LogP contribution in [0.15, 0.2) is 36.8 Å². The molecule has 1 aliphatic rings. The first-order valence-electron chi connectivity index (χ1n) is 6.50. The maximum Gasteiger partial charge on any atom is 0.310 e. The zero-order valence-electron chi connectivity index (χ0n) is 10.8. The number of H-pyrrole nitrogens is 1. The number of imidazole rings is 1. The zero-order chi connectivity index (χ0) is 13.5. The standard InChI is InChI=1S/C15H16N2O2/c1-2-15(14(18)19)7-12(15)10-3-5-11(6-4-10)13-8-16-9-17-13/h3-6,8-9,12H,2,7H2,1H3,(H,16,17)(H,18,19)/t12-,15-/m0/s1. The highest BCUT2D eigenvalue weighted by Gasteiger charge is 2.59. The third-order valence-corrected chi connectivity index (χ3v) is 4.24. The summed E-state index contributed by atoms with van der Waals surface area (Å²) in [6, 6.07) is 8.06. The normalized spacial score (nSPS) is 25.2. The van der Waals surface area contributed by atoms with Gasteiger partial charge in [0.05, 0.1) is 17.4 Å². The molecule has 1 aromatic heterocycles. The average molecular weight is 256 g/mol. The highest BCUT2D eigenvalue weighted by atomic mass is 16.4. The number of carboxylic acid groups (broad SMARTS) is 1. The fourth-order valence-corrected chi connectivity index (χ4v) is 2.82. The Morgan fingerprint density at radius 2 is 2.21 bits per heavy atom. The number of aromatic amines is 1. The molecule has 1 fully saturated rings. The summed E-state index contributed by atoms with van der Waals surface area (Å²) in [5.74, 6) is -0.514. The van der Waals surface area contributed by atoms with Crippen molar-refractivity contribution in [3.63, 3.8) is 0 Å². The van der Waals surface area contributed by atoms with Crippen molar-refractivity contribution in [1.29, 1.82) is 0 Å². The molecule has 3 rings (SSSR count). The van der Waals surface area contributed by atoms with E-state index in [1.165, 1.54) is 0 Å². The van der Waals surface area contributed by atoms with Crippen molar-refractivity contribution in [3.8, 4) is 11.3 Å². The summed E-state index contributed by atoms with van der Waals surface area (Å²) in [6.07, 6.45) is 4.94. The molecule has 0 spiro atoms. The van der Waals surface area contributed by atoms with E-state index in [-0.39, 0.29) is 5.92 Å². The number of carbonyl (C=O) groups is 1. The summed E-state index contributed by atoms with van der Waals surface area (Å²) in [7, 11) is 0. The Labute approximate surface area is 111 Å². The Morgan fingerprint density at radius 3 is 2.68 bits per heavy atom. The predicted octanol–water partition coefficient (Wildman–Crippen LogP) is 3.05. The number of nitrogens with one attached hydrogen (secondary N) is 1. The maximum atomic E-state index is 11.3. The highest BCUT2D eigenvalue weighted by Crippen LogP contribution is 2.61. The van der Waals surface area contributed by atoms with Gasteiger partial charge in [0, 0.05) is 17.7 Å². The number of carboxylic acids is 1. The Kier molecular flexibility index (Phi) is 2.66. The minimum absolute atomic E-state index is 0.156. The van der Waals surface area contributed by atoms with Crippen molar-refractivity contribution in [2.45, 2.75) is 25.7 Å². The van der Waals surface area contributed by atoms with Crippen molar-refractivity contribution in [2.75, 3.05) is 0 Å². The molecule has 1 heterocycles. The topological polar surface area (TPSA) is 66.0 Å². The van der Waals surface area contributed by atoms with Crippen LogP contribution in [-0.4, -0.2) is 21.0 Å². The van der Waals surface area contributed by atoms with E-state index < -0.39 is 11.4 Å². The van der Waals surface area contributed by atoms with Crippen molar-refractivity contribution in [2.24, 2.45) is 5.41 Å². The fourth-order valence-electron chi connectivity index (χ4n) is 2.82. The van der Waals surface area contributed by atoms with E-state index in [1.807, 2.05) is 37.4 Å². The van der Waals surface area contributed by atoms with Crippen LogP contribution in [0.2, 0.25) is 0 Å². The van der Waals surface area contributed by atoms with Gasteiger partial charge in [0.2, 0.25) is 0 Å². The molecule has 0 radical (unpaired) electrons. The number of aromatic nitrogens is 2. The molecular formula is C15H16N2O2. The van der Waals surface area contributed by atoms with Crippen LogP contribution < -0.4 is 0 Å². The molecular weight excluding hydrogens is 240 g/mol. The summed E-state index contributed by atoms with van der Waals surface area (Å²) in [5.41, 5.74) is 2.53. The molecule has 0 saturated heterocycles. The first-order chi connectivity index (χ1) is 9.17. The van der Waals surface area contributed by atoms with E-state index in [1.54, 1.807) is 6.33 Å². The van der Waals surface area contributed by atoms with Crippen molar-refractivity contribution in [1.82, 2.24) is 9.97 Å². The third-order valence-electron chi connectivity index (χ3n) is 4.24. The molecule has 98 valence electrons. The van der Waals surface area contributed by atoms with Gasteiger partial charge in [-0.05, 0) is 18.4 Å². The lowest BCUT2D eigenvalue weighted by Crippen LogP contribution is -2.15. The molecule has 0 unspecified atom stereocenters. The van der Waals surface area contributed by atoms with E-state index in [9.17, 15) is 9.90 Å². The number of aliphatic carboxylic acids is 1. The Bertz CT molecular complexity index is 589. The van der Waals surface area contributed by atoms with Crippen LogP contribution in [0.4, 0.5) is 0 Å². The molecule has 2 N–H and O–H groups in total. The summed E-state index contributed by atoms with van der Waals surface area (Å²) < 4.78 is 0. The van der Waals surface area contributed by atoms with E-state index in [0.29, 0.717) is 6.42 Å². The van der Waals surface area contributed by atoms with Crippen LogP contribution in [0.1, 0.15) is 31.2 Å². The maximum absolute atomic E-state index is 11.3. The van der Waals surface area contributed by atoms with Crippen LogP contribution >= 0.6 is 0 Å². The van der Waals surface area contributed by atoms with Gasteiger partial charge in [0.1, 0.15) is 0 Å². The molecule has 2 atom stereocenters. The smallest absolute Gasteiger partial charge is 0.310 e. The minimum Gasteiger partial charge on any atom is -0.481 e. The second kappa shape index (κ2) is 4.23. The van der Waals surface area contributed by atoms with Crippen LogP contribution in [0.5, 0.6) is 0 Å². The van der Waals surface area contributed by atoms with Crippen molar-refractivity contribution < 1.29 is 9.90 Å².